The van der Waals surface area contributed by atoms with Crippen LogP contribution in [0, 0.1) is 0 Å². The lowest BCUT2D eigenvalue weighted by atomic mass is 10.1. The van der Waals surface area contributed by atoms with Gasteiger partial charge in [0.25, 0.3) is 0 Å². The molecule has 0 fully saturated rings. The van der Waals surface area contributed by atoms with Gasteiger partial charge in [-0.1, -0.05) is 6.07 Å². The zero-order valence-electron chi connectivity index (χ0n) is 9.28. The molecule has 0 atom stereocenters. The molecule has 0 aliphatic carbocycles. The maximum absolute atomic E-state index is 11.2. The SMILES string of the molecule is COC(=O)c1ccc(CN(C)C)c(N)c1. The van der Waals surface area contributed by atoms with E-state index in [2.05, 4.69) is 4.74 Å². The third kappa shape index (κ3) is 2.95. The summed E-state index contributed by atoms with van der Waals surface area (Å²) >= 11 is 0. The van der Waals surface area contributed by atoms with E-state index < -0.39 is 0 Å². The second-order valence-corrected chi connectivity index (χ2v) is 3.64. The molecule has 4 nitrogen and oxygen atoms in total. The molecule has 0 amide bonds. The Bertz CT molecular complexity index is 362. The Morgan fingerprint density at radius 2 is 2.13 bits per heavy atom. The molecular formula is C11H16N2O2. The number of hydrogen-bond acceptors (Lipinski definition) is 4. The first kappa shape index (κ1) is 11.5. The number of carbonyl (C=O) groups excluding carboxylic acids is 1. The topological polar surface area (TPSA) is 55.6 Å². The van der Waals surface area contributed by atoms with Crippen LogP contribution in [0.15, 0.2) is 18.2 Å². The number of benzene rings is 1. The molecule has 1 aromatic carbocycles. The van der Waals surface area contributed by atoms with Gasteiger partial charge >= 0.3 is 5.97 Å². The normalized spacial score (nSPS) is 10.4. The van der Waals surface area contributed by atoms with Crippen molar-refractivity contribution >= 4 is 11.7 Å². The average molecular weight is 208 g/mol. The predicted octanol–water partition coefficient (Wildman–Crippen LogP) is 1.12. The minimum absolute atomic E-state index is 0.363. The van der Waals surface area contributed by atoms with Crippen LogP contribution in [-0.4, -0.2) is 32.1 Å². The van der Waals surface area contributed by atoms with E-state index in [1.165, 1.54) is 7.11 Å². The zero-order valence-corrected chi connectivity index (χ0v) is 9.28. The first-order valence-electron chi connectivity index (χ1n) is 4.66. The van der Waals surface area contributed by atoms with Crippen LogP contribution in [0.4, 0.5) is 5.69 Å². The monoisotopic (exact) mass is 208 g/mol. The number of rotatable bonds is 3. The molecule has 1 aromatic rings. The van der Waals surface area contributed by atoms with Gasteiger partial charge in [0.15, 0.2) is 0 Å². The summed E-state index contributed by atoms with van der Waals surface area (Å²) in [4.78, 5) is 13.2. The number of hydrogen-bond donors (Lipinski definition) is 1. The molecule has 0 bridgehead atoms. The quantitative estimate of drug-likeness (QED) is 0.597. The Labute approximate surface area is 89.6 Å². The van der Waals surface area contributed by atoms with Crippen LogP contribution >= 0.6 is 0 Å². The summed E-state index contributed by atoms with van der Waals surface area (Å²) in [5.74, 6) is -0.363. The van der Waals surface area contributed by atoms with Crippen molar-refractivity contribution in [2.45, 2.75) is 6.54 Å². The predicted molar refractivity (Wildman–Crippen MR) is 59.6 cm³/mol. The third-order valence-corrected chi connectivity index (χ3v) is 2.05. The fourth-order valence-corrected chi connectivity index (χ4v) is 1.32. The lowest BCUT2D eigenvalue weighted by molar-refractivity contribution is 0.0601. The van der Waals surface area contributed by atoms with Gasteiger partial charge in [-0.3, -0.25) is 0 Å². The van der Waals surface area contributed by atoms with Crippen molar-refractivity contribution in [1.82, 2.24) is 4.90 Å². The van der Waals surface area contributed by atoms with Crippen molar-refractivity contribution in [3.8, 4) is 0 Å². The molecule has 15 heavy (non-hydrogen) atoms. The van der Waals surface area contributed by atoms with Crippen molar-refractivity contribution in [3.63, 3.8) is 0 Å². The fourth-order valence-electron chi connectivity index (χ4n) is 1.32. The molecule has 0 saturated carbocycles. The second kappa shape index (κ2) is 4.79. The number of methoxy groups -OCH3 is 1. The van der Waals surface area contributed by atoms with E-state index in [9.17, 15) is 4.79 Å². The van der Waals surface area contributed by atoms with E-state index in [1.54, 1.807) is 12.1 Å². The second-order valence-electron chi connectivity index (χ2n) is 3.64. The van der Waals surface area contributed by atoms with Crippen LogP contribution in [0.5, 0.6) is 0 Å². The number of carbonyl (C=O) groups is 1. The van der Waals surface area contributed by atoms with Crippen LogP contribution in [0.25, 0.3) is 0 Å². The molecule has 0 radical (unpaired) electrons. The summed E-state index contributed by atoms with van der Waals surface area (Å²) < 4.78 is 4.61. The van der Waals surface area contributed by atoms with Gasteiger partial charge in [0, 0.05) is 12.2 Å². The van der Waals surface area contributed by atoms with Gasteiger partial charge in [0.2, 0.25) is 0 Å². The third-order valence-electron chi connectivity index (χ3n) is 2.05. The summed E-state index contributed by atoms with van der Waals surface area (Å²) in [5, 5.41) is 0. The standard InChI is InChI=1S/C11H16N2O2/c1-13(2)7-9-5-4-8(6-10(9)12)11(14)15-3/h4-6H,7,12H2,1-3H3. The van der Waals surface area contributed by atoms with Crippen LogP contribution in [0.3, 0.4) is 0 Å². The maximum atomic E-state index is 11.2. The summed E-state index contributed by atoms with van der Waals surface area (Å²) in [7, 11) is 5.29. The highest BCUT2D eigenvalue weighted by atomic mass is 16.5. The van der Waals surface area contributed by atoms with Gasteiger partial charge in [-0.2, -0.15) is 0 Å². The van der Waals surface area contributed by atoms with Gasteiger partial charge < -0.3 is 15.4 Å². The molecular weight excluding hydrogens is 192 g/mol. The van der Waals surface area contributed by atoms with Gasteiger partial charge in [0.1, 0.15) is 0 Å². The molecule has 2 N–H and O–H groups in total. The molecule has 0 aliphatic heterocycles. The highest BCUT2D eigenvalue weighted by molar-refractivity contribution is 5.90. The number of nitrogens with two attached hydrogens (primary N) is 1. The molecule has 1 rings (SSSR count). The van der Waals surface area contributed by atoms with Crippen LogP contribution in [-0.2, 0) is 11.3 Å². The van der Waals surface area contributed by atoms with Gasteiger partial charge in [-0.15, -0.1) is 0 Å². The first-order valence-corrected chi connectivity index (χ1v) is 4.66. The van der Waals surface area contributed by atoms with Crippen molar-refractivity contribution in [2.75, 3.05) is 26.9 Å². The van der Waals surface area contributed by atoms with Gasteiger partial charge in [0.05, 0.1) is 12.7 Å². The average Bonchev–Trinajstić information content (AvgIpc) is 2.19. The Morgan fingerprint density at radius 3 is 2.60 bits per heavy atom. The summed E-state index contributed by atoms with van der Waals surface area (Å²) in [5.41, 5.74) is 7.94. The summed E-state index contributed by atoms with van der Waals surface area (Å²) in [6, 6.07) is 5.22. The molecule has 0 spiro atoms. The lowest BCUT2D eigenvalue weighted by Crippen LogP contribution is -2.13. The molecule has 0 aliphatic rings. The summed E-state index contributed by atoms with van der Waals surface area (Å²) in [6.07, 6.45) is 0. The van der Waals surface area contributed by atoms with Crippen molar-refractivity contribution < 1.29 is 9.53 Å². The number of esters is 1. The Hall–Kier alpha value is -1.55. The lowest BCUT2D eigenvalue weighted by Gasteiger charge is -2.12. The largest absolute Gasteiger partial charge is 0.465 e. The fraction of sp³-hybridized carbons (Fsp3) is 0.364. The van der Waals surface area contributed by atoms with Crippen molar-refractivity contribution in [1.29, 1.82) is 0 Å². The van der Waals surface area contributed by atoms with E-state index in [4.69, 9.17) is 5.73 Å². The van der Waals surface area contributed by atoms with E-state index in [-0.39, 0.29) is 5.97 Å². The van der Waals surface area contributed by atoms with E-state index in [0.717, 1.165) is 12.1 Å². The minimum atomic E-state index is -0.363. The Kier molecular flexibility index (Phi) is 3.68. The van der Waals surface area contributed by atoms with E-state index in [1.807, 2.05) is 25.1 Å². The number of nitrogens with zero attached hydrogens (tertiary/aromatic N) is 1. The van der Waals surface area contributed by atoms with Crippen LogP contribution < -0.4 is 5.73 Å². The Balaban J connectivity index is 2.93. The zero-order chi connectivity index (χ0) is 11.4. The number of nitrogen functional groups attached to an aromatic ring is 1. The summed E-state index contributed by atoms with van der Waals surface area (Å²) in [6.45, 7) is 0.757. The van der Waals surface area contributed by atoms with Gasteiger partial charge in [-0.05, 0) is 31.8 Å². The highest BCUT2D eigenvalue weighted by Gasteiger charge is 2.08. The molecule has 0 unspecified atom stereocenters. The maximum Gasteiger partial charge on any atom is 0.337 e. The number of anilines is 1. The van der Waals surface area contributed by atoms with Crippen LogP contribution in [0.2, 0.25) is 0 Å². The minimum Gasteiger partial charge on any atom is -0.465 e. The smallest absolute Gasteiger partial charge is 0.337 e. The Morgan fingerprint density at radius 1 is 1.47 bits per heavy atom. The van der Waals surface area contributed by atoms with E-state index >= 15 is 0 Å². The molecule has 0 saturated heterocycles. The van der Waals surface area contributed by atoms with Gasteiger partial charge in [-0.25, -0.2) is 4.79 Å². The molecule has 4 heteroatoms. The molecule has 82 valence electrons. The van der Waals surface area contributed by atoms with Crippen molar-refractivity contribution in [3.05, 3.63) is 29.3 Å². The van der Waals surface area contributed by atoms with Crippen molar-refractivity contribution in [2.24, 2.45) is 0 Å². The highest BCUT2D eigenvalue weighted by Crippen LogP contribution is 2.16. The molecule has 0 heterocycles. The molecule has 0 aromatic heterocycles. The number of ether oxygens (including phenoxy) is 1. The first-order chi connectivity index (χ1) is 7.04. The van der Waals surface area contributed by atoms with Crippen LogP contribution in [0.1, 0.15) is 15.9 Å². The van der Waals surface area contributed by atoms with E-state index in [0.29, 0.717) is 11.3 Å².